The van der Waals surface area contributed by atoms with E-state index in [0.717, 1.165) is 122 Å². The summed E-state index contributed by atoms with van der Waals surface area (Å²) in [6.07, 6.45) is 0. The van der Waals surface area contributed by atoms with E-state index in [9.17, 15) is 0 Å². The second kappa shape index (κ2) is 35.3. The van der Waals surface area contributed by atoms with Crippen LogP contribution in [-0.2, 0) is 0 Å². The SMILES string of the molecule is c1ccc(-c2ccc(-c3nc(-c4ccccc4)nc(-n4c5ccccc5c5cc(-n6c7ccccc7c7ccccc76)ccc54)n3)cc2)cc1.c1ccc(-c2nc(-c3ccccc3)nc(-c3cccc(-n4c5ccccc5c5cc(-n6c7ccccc7c7ccccc76)ccc54)c3)n2)cc1.c1ccc(-c2nc(-c3ccccc3)nc(-n3c4ccccc4c4cc(-n5c6ccccc6c6ccccc65)ccc43)n2)cc1. The van der Waals surface area contributed by atoms with E-state index in [2.05, 4.69) is 373 Å². The Morgan fingerprint density at radius 1 is 0.104 bits per heavy atom. The summed E-state index contributed by atoms with van der Waals surface area (Å²) in [7, 11) is 0. The first-order chi connectivity index (χ1) is 71.4. The average Bonchev–Trinajstić information content (AvgIpc) is 1.58. The van der Waals surface area contributed by atoms with Gasteiger partial charge in [-0.3, -0.25) is 9.13 Å². The van der Waals surface area contributed by atoms with Crippen LogP contribution in [0.3, 0.4) is 0 Å². The van der Waals surface area contributed by atoms with Crippen molar-refractivity contribution in [1.82, 2.24) is 72.3 Å². The average molecular weight is 1840 g/mol. The van der Waals surface area contributed by atoms with Crippen molar-refractivity contribution in [3.8, 4) is 125 Å². The molecule has 29 rings (SSSR count). The number of para-hydroxylation sites is 9. The van der Waals surface area contributed by atoms with Gasteiger partial charge in [0, 0.05) is 126 Å². The van der Waals surface area contributed by atoms with Crippen LogP contribution in [0.15, 0.2) is 504 Å². The van der Waals surface area contributed by atoms with Gasteiger partial charge < -0.3 is 18.3 Å². The quantitative estimate of drug-likeness (QED) is 0.104. The molecule has 15 heteroatoms. The predicted molar refractivity (Wildman–Crippen MR) is 589 cm³/mol. The molecule has 0 atom stereocenters. The Morgan fingerprint density at radius 2 is 0.278 bits per heavy atom. The summed E-state index contributed by atoms with van der Waals surface area (Å²) in [4.78, 5) is 45.2. The highest BCUT2D eigenvalue weighted by Gasteiger charge is 2.26. The second-order valence-electron chi connectivity index (χ2n) is 36.0. The number of rotatable bonds is 14. The highest BCUT2D eigenvalue weighted by molar-refractivity contribution is 6.16. The molecular weight excluding hydrogens is 1760 g/mol. The van der Waals surface area contributed by atoms with Gasteiger partial charge in [0.15, 0.2) is 40.8 Å². The lowest BCUT2D eigenvalue weighted by atomic mass is 10.0. The number of fused-ring (bicyclic) bond motifs is 18. The lowest BCUT2D eigenvalue weighted by Crippen LogP contribution is -2.06. The maximum Gasteiger partial charge on any atom is 0.238 e. The smallest absolute Gasteiger partial charge is 0.238 e. The Balaban J connectivity index is 0.000000108. The van der Waals surface area contributed by atoms with Crippen molar-refractivity contribution in [2.75, 3.05) is 0 Å². The molecule has 0 unspecified atom stereocenters. The maximum absolute atomic E-state index is 5.16. The molecule has 0 bridgehead atoms. The zero-order valence-electron chi connectivity index (χ0n) is 77.6. The zero-order valence-corrected chi connectivity index (χ0v) is 77.6. The lowest BCUT2D eigenvalue weighted by molar-refractivity contribution is 0.953. The summed E-state index contributed by atoms with van der Waals surface area (Å²) < 4.78 is 13.8. The van der Waals surface area contributed by atoms with Crippen LogP contribution >= 0.6 is 0 Å². The molecule has 0 aliphatic heterocycles. The maximum atomic E-state index is 5.16. The van der Waals surface area contributed by atoms with Gasteiger partial charge >= 0.3 is 0 Å². The Labute approximate surface area is 826 Å². The highest BCUT2D eigenvalue weighted by Crippen LogP contribution is 2.44. The van der Waals surface area contributed by atoms with Crippen molar-refractivity contribution in [1.29, 1.82) is 0 Å². The summed E-state index contributed by atoms with van der Waals surface area (Å²) in [6.45, 7) is 0. The van der Waals surface area contributed by atoms with Crippen LogP contribution in [0.4, 0.5) is 0 Å². The summed E-state index contributed by atoms with van der Waals surface area (Å²) in [5.41, 5.74) is 26.9. The zero-order chi connectivity index (χ0) is 95.1. The summed E-state index contributed by atoms with van der Waals surface area (Å²) in [5, 5.41) is 14.5. The monoisotopic (exact) mass is 1840 g/mol. The molecule has 0 saturated heterocycles. The fraction of sp³-hybridized carbons (Fsp3) is 0. The fourth-order valence-corrected chi connectivity index (χ4v) is 21.0. The van der Waals surface area contributed by atoms with Crippen LogP contribution in [-0.4, -0.2) is 72.3 Å². The van der Waals surface area contributed by atoms with Crippen molar-refractivity contribution in [2.45, 2.75) is 0 Å². The van der Waals surface area contributed by atoms with Gasteiger partial charge in [-0.05, 0) is 132 Å². The molecule has 144 heavy (non-hydrogen) atoms. The molecular formula is C129H83N15. The first kappa shape index (κ1) is 83.6. The van der Waals surface area contributed by atoms with Gasteiger partial charge in [-0.15, -0.1) is 0 Å². The largest absolute Gasteiger partial charge is 0.309 e. The lowest BCUT2D eigenvalue weighted by Gasteiger charge is -2.12. The Bertz CT molecular complexity index is 9750. The molecule has 0 saturated carbocycles. The van der Waals surface area contributed by atoms with Crippen molar-refractivity contribution >= 4 is 131 Å². The van der Waals surface area contributed by atoms with Gasteiger partial charge in [0.05, 0.1) is 66.2 Å². The first-order valence-electron chi connectivity index (χ1n) is 48.3. The summed E-state index contributed by atoms with van der Waals surface area (Å²) in [5.74, 6) is 5.64. The molecule has 0 radical (unpaired) electrons. The van der Waals surface area contributed by atoms with Crippen LogP contribution in [0.25, 0.3) is 256 Å². The first-order valence-corrected chi connectivity index (χ1v) is 48.3. The molecule has 0 amide bonds. The Hall–Kier alpha value is -19.8. The van der Waals surface area contributed by atoms with Crippen LogP contribution in [0.1, 0.15) is 0 Å². The molecule has 0 aliphatic carbocycles. The number of benzene rings is 20. The highest BCUT2D eigenvalue weighted by atomic mass is 15.2. The van der Waals surface area contributed by atoms with Gasteiger partial charge in [-0.1, -0.05) is 382 Å². The van der Waals surface area contributed by atoms with E-state index >= 15 is 0 Å². The van der Waals surface area contributed by atoms with E-state index in [1.54, 1.807) is 0 Å². The third kappa shape index (κ3) is 14.6. The van der Waals surface area contributed by atoms with Gasteiger partial charge in [0.1, 0.15) is 0 Å². The molecule has 674 valence electrons. The van der Waals surface area contributed by atoms with Crippen LogP contribution < -0.4 is 0 Å². The van der Waals surface area contributed by atoms with Crippen molar-refractivity contribution in [3.63, 3.8) is 0 Å². The molecule has 20 aromatic carbocycles. The summed E-state index contributed by atoms with van der Waals surface area (Å²) in [6, 6.07) is 176. The number of nitrogens with zero attached hydrogens (tertiary/aromatic N) is 15. The standard InChI is InChI=1S/2C45H29N5.C39H25N5/c1-3-14-30(15-4-1)43-46-44(31-16-5-2-6-17-31)48-45(47-43)32-18-13-19-33(28-32)49-41-25-12-9-22-37(41)38-29-34(26-27-42(38)49)50-39-23-10-7-20-35(39)36-21-8-11-24-40(36)50;1-3-13-30(14-4-1)31-23-25-33(26-24-31)44-46-43(32-15-5-2-6-16-32)47-45(48-44)50-41-22-12-9-19-37(41)38-29-34(27-28-42(38)50)49-39-20-10-7-17-35(39)36-18-8-11-21-40(36)49;1-3-13-26(14-4-1)37-40-38(27-15-5-2-6-16-27)42-39(41-37)44-35-22-12-9-19-31(35)32-25-28(23-24-36(32)44)43-33-20-10-7-17-29(33)30-18-8-11-21-34(30)43/h2*1-29H;1-25H. The van der Waals surface area contributed by atoms with E-state index < -0.39 is 0 Å². The number of aromatic nitrogens is 15. The molecule has 0 fully saturated rings. The molecule has 9 aromatic heterocycles. The number of hydrogen-bond acceptors (Lipinski definition) is 9. The van der Waals surface area contributed by atoms with Crippen molar-refractivity contribution in [2.24, 2.45) is 0 Å². The van der Waals surface area contributed by atoms with Gasteiger partial charge in [-0.25, -0.2) is 24.9 Å². The molecule has 15 nitrogen and oxygen atoms in total. The van der Waals surface area contributed by atoms with E-state index in [4.69, 9.17) is 44.9 Å². The molecule has 0 N–H and O–H groups in total. The normalized spacial score (nSPS) is 11.6. The van der Waals surface area contributed by atoms with E-state index in [0.29, 0.717) is 52.7 Å². The van der Waals surface area contributed by atoms with Crippen molar-refractivity contribution < 1.29 is 0 Å². The molecule has 0 aliphatic rings. The van der Waals surface area contributed by atoms with E-state index in [1.807, 2.05) is 158 Å². The van der Waals surface area contributed by atoms with Crippen LogP contribution in [0.5, 0.6) is 0 Å². The predicted octanol–water partition coefficient (Wildman–Crippen LogP) is 31.5. The van der Waals surface area contributed by atoms with E-state index in [-0.39, 0.29) is 0 Å². The number of hydrogen-bond donors (Lipinski definition) is 0. The summed E-state index contributed by atoms with van der Waals surface area (Å²) >= 11 is 0. The molecule has 29 aromatic rings. The van der Waals surface area contributed by atoms with Crippen LogP contribution in [0.2, 0.25) is 0 Å². The Kier molecular flexibility index (Phi) is 20.5. The minimum absolute atomic E-state index is 0.580. The fourth-order valence-electron chi connectivity index (χ4n) is 21.0. The third-order valence-electron chi connectivity index (χ3n) is 27.5. The second-order valence-corrected chi connectivity index (χ2v) is 36.0. The minimum Gasteiger partial charge on any atom is -0.309 e. The van der Waals surface area contributed by atoms with Gasteiger partial charge in [0.25, 0.3) is 0 Å². The topological polar surface area (TPSA) is 146 Å². The van der Waals surface area contributed by atoms with Gasteiger partial charge in [0.2, 0.25) is 11.9 Å². The minimum atomic E-state index is 0.580. The van der Waals surface area contributed by atoms with Gasteiger partial charge in [-0.2, -0.15) is 19.9 Å². The van der Waals surface area contributed by atoms with Crippen molar-refractivity contribution in [3.05, 3.63) is 504 Å². The third-order valence-corrected chi connectivity index (χ3v) is 27.5. The Morgan fingerprint density at radius 3 is 0.549 bits per heavy atom. The molecule has 9 heterocycles. The van der Waals surface area contributed by atoms with E-state index in [1.165, 1.54) is 81.8 Å². The van der Waals surface area contributed by atoms with Crippen LogP contribution in [0, 0.1) is 0 Å². The molecule has 0 spiro atoms.